The number of ether oxygens (including phenoxy) is 1. The highest BCUT2D eigenvalue weighted by molar-refractivity contribution is 7.85. The van der Waals surface area contributed by atoms with Crippen LogP contribution in [-0.2, 0) is 19.6 Å². The molecule has 0 heterocycles. The maximum absolute atomic E-state index is 11.1. The molecule has 0 amide bonds. The van der Waals surface area contributed by atoms with E-state index in [9.17, 15) is 13.2 Å². The molecule has 1 aromatic rings. The van der Waals surface area contributed by atoms with Crippen molar-refractivity contribution in [1.82, 2.24) is 0 Å². The van der Waals surface area contributed by atoms with Crippen molar-refractivity contribution < 1.29 is 22.5 Å². The Bertz CT molecular complexity index is 642. The molecule has 6 nitrogen and oxygen atoms in total. The van der Waals surface area contributed by atoms with Gasteiger partial charge in [0.25, 0.3) is 10.1 Å². The number of aryl methyl sites for hydroxylation is 1. The average Bonchev–Trinajstić information content (AvgIpc) is 2.66. The van der Waals surface area contributed by atoms with E-state index in [4.69, 9.17) is 15.0 Å². The summed E-state index contributed by atoms with van der Waals surface area (Å²) in [6.07, 6.45) is 12.9. The number of hydrogen-bond acceptors (Lipinski definition) is 5. The Labute approximate surface area is 177 Å². The topological polar surface area (TPSA) is 107 Å². The molecule has 1 aromatic carbocycles. The van der Waals surface area contributed by atoms with Crippen molar-refractivity contribution in [2.45, 2.75) is 95.9 Å². The highest BCUT2D eigenvalue weighted by atomic mass is 32.2. The zero-order valence-corrected chi connectivity index (χ0v) is 19.0. The molecule has 29 heavy (non-hydrogen) atoms. The molecule has 0 fully saturated rings. The van der Waals surface area contributed by atoms with Crippen LogP contribution >= 0.6 is 0 Å². The third-order valence-corrected chi connectivity index (χ3v) is 5.30. The third kappa shape index (κ3) is 16.1. The number of hydrogen-bond donors (Lipinski definition) is 2. The van der Waals surface area contributed by atoms with E-state index in [-0.39, 0.29) is 10.9 Å². The van der Waals surface area contributed by atoms with E-state index >= 15 is 0 Å². The lowest BCUT2D eigenvalue weighted by atomic mass is 10.1. The molecule has 0 saturated heterocycles. The van der Waals surface area contributed by atoms with Gasteiger partial charge in [-0.1, -0.05) is 82.4 Å². The zero-order chi connectivity index (χ0) is 22.1. The number of nitrogens with two attached hydrogens (primary N) is 1. The molecule has 0 aliphatic rings. The van der Waals surface area contributed by atoms with Crippen LogP contribution in [0.15, 0.2) is 29.2 Å². The summed E-state index contributed by atoms with van der Waals surface area (Å²) in [6.45, 7) is 6.27. The van der Waals surface area contributed by atoms with Crippen LogP contribution in [0, 0.1) is 6.92 Å². The fourth-order valence-corrected chi connectivity index (χ4v) is 3.08. The quantitative estimate of drug-likeness (QED) is 0.258. The van der Waals surface area contributed by atoms with Gasteiger partial charge in [-0.2, -0.15) is 8.42 Å². The first-order chi connectivity index (χ1) is 13.7. The van der Waals surface area contributed by atoms with Crippen LogP contribution in [0.1, 0.15) is 83.6 Å². The summed E-state index contributed by atoms with van der Waals surface area (Å²) in [5.74, 6) is -0.286. The first-order valence-corrected chi connectivity index (χ1v) is 12.1. The van der Waals surface area contributed by atoms with E-state index in [1.54, 1.807) is 19.1 Å². The van der Waals surface area contributed by atoms with Crippen molar-refractivity contribution in [2.75, 3.05) is 6.61 Å². The van der Waals surface area contributed by atoms with Crippen LogP contribution < -0.4 is 5.73 Å². The van der Waals surface area contributed by atoms with E-state index in [1.165, 1.54) is 63.5 Å². The van der Waals surface area contributed by atoms with Gasteiger partial charge in [0.1, 0.15) is 6.04 Å². The molecule has 0 aliphatic heterocycles. The Morgan fingerprint density at radius 2 is 1.41 bits per heavy atom. The Morgan fingerprint density at radius 3 is 1.83 bits per heavy atom. The van der Waals surface area contributed by atoms with Crippen LogP contribution in [0.3, 0.4) is 0 Å². The zero-order valence-electron chi connectivity index (χ0n) is 18.2. The first-order valence-electron chi connectivity index (χ1n) is 10.6. The van der Waals surface area contributed by atoms with E-state index in [1.807, 2.05) is 6.92 Å². The van der Waals surface area contributed by atoms with Gasteiger partial charge in [-0.05, 0) is 32.4 Å². The summed E-state index contributed by atoms with van der Waals surface area (Å²) in [4.78, 5) is 11.0. The number of carbonyl (C=O) groups is 1. The maximum Gasteiger partial charge on any atom is 0.322 e. The van der Waals surface area contributed by atoms with Gasteiger partial charge in [0.2, 0.25) is 0 Å². The molecule has 0 radical (unpaired) electrons. The monoisotopic (exact) mass is 429 g/mol. The molecule has 1 atom stereocenters. The molecule has 168 valence electrons. The van der Waals surface area contributed by atoms with Crippen molar-refractivity contribution in [3.63, 3.8) is 0 Å². The Morgan fingerprint density at radius 1 is 0.966 bits per heavy atom. The van der Waals surface area contributed by atoms with Gasteiger partial charge in [0, 0.05) is 0 Å². The smallest absolute Gasteiger partial charge is 0.322 e. The number of unbranched alkanes of at least 4 members (excludes halogenated alkanes) is 9. The fraction of sp³-hybridized carbons (Fsp3) is 0.682. The minimum atomic E-state index is -4.02. The van der Waals surface area contributed by atoms with Crippen LogP contribution in [0.4, 0.5) is 0 Å². The second kappa shape index (κ2) is 16.4. The van der Waals surface area contributed by atoms with Crippen LogP contribution in [0.5, 0.6) is 0 Å². The summed E-state index contributed by atoms with van der Waals surface area (Å²) >= 11 is 0. The molecular formula is C22H39NO5S. The summed E-state index contributed by atoms with van der Waals surface area (Å²) < 4.78 is 34.6. The number of rotatable bonds is 13. The fourth-order valence-electron chi connectivity index (χ4n) is 2.60. The predicted octanol–water partition coefficient (Wildman–Crippen LogP) is 5.04. The Kier molecular flexibility index (Phi) is 15.6. The highest BCUT2D eigenvalue weighted by Gasteiger charge is 2.07. The van der Waals surface area contributed by atoms with Crippen LogP contribution in [0.25, 0.3) is 0 Å². The molecule has 0 aliphatic carbocycles. The molecule has 1 rings (SSSR count). The average molecular weight is 430 g/mol. The molecule has 1 unspecified atom stereocenters. The number of carbonyl (C=O) groups excluding carboxylic acids is 1. The van der Waals surface area contributed by atoms with Gasteiger partial charge < -0.3 is 10.5 Å². The molecule has 3 N–H and O–H groups in total. The van der Waals surface area contributed by atoms with Gasteiger partial charge in [0.15, 0.2) is 0 Å². The normalized spacial score (nSPS) is 12.0. The molecule has 0 aromatic heterocycles. The lowest BCUT2D eigenvalue weighted by molar-refractivity contribution is -0.144. The highest BCUT2D eigenvalue weighted by Crippen LogP contribution is 2.10. The largest absolute Gasteiger partial charge is 0.465 e. The summed E-state index contributed by atoms with van der Waals surface area (Å²) in [5, 5.41) is 0. The van der Waals surface area contributed by atoms with Crippen molar-refractivity contribution in [3.05, 3.63) is 29.8 Å². The van der Waals surface area contributed by atoms with Gasteiger partial charge >= 0.3 is 5.97 Å². The molecule has 0 bridgehead atoms. The summed E-state index contributed by atoms with van der Waals surface area (Å²) in [7, 11) is -4.02. The lowest BCUT2D eigenvalue weighted by Gasteiger charge is -2.06. The second-order valence-electron chi connectivity index (χ2n) is 7.43. The van der Waals surface area contributed by atoms with Crippen molar-refractivity contribution in [3.8, 4) is 0 Å². The third-order valence-electron chi connectivity index (χ3n) is 4.43. The predicted molar refractivity (Wildman–Crippen MR) is 117 cm³/mol. The van der Waals surface area contributed by atoms with Crippen molar-refractivity contribution in [1.29, 1.82) is 0 Å². The van der Waals surface area contributed by atoms with Crippen LogP contribution in [-0.4, -0.2) is 31.6 Å². The van der Waals surface area contributed by atoms with Gasteiger partial charge in [0.05, 0.1) is 11.5 Å². The number of esters is 1. The number of benzene rings is 1. The van der Waals surface area contributed by atoms with Crippen LogP contribution in [0.2, 0.25) is 0 Å². The van der Waals surface area contributed by atoms with Gasteiger partial charge in [-0.15, -0.1) is 0 Å². The summed E-state index contributed by atoms with van der Waals surface area (Å²) in [6, 6.07) is 5.50. The maximum atomic E-state index is 11.1. The first kappa shape index (κ1) is 27.6. The molecular weight excluding hydrogens is 390 g/mol. The van der Waals surface area contributed by atoms with Gasteiger partial charge in [-0.25, -0.2) is 0 Å². The van der Waals surface area contributed by atoms with E-state index in [0.717, 1.165) is 18.4 Å². The Balaban J connectivity index is 0.000000604. The molecule has 0 spiro atoms. The van der Waals surface area contributed by atoms with Crippen molar-refractivity contribution >= 4 is 16.1 Å². The van der Waals surface area contributed by atoms with E-state index < -0.39 is 16.2 Å². The Hall–Kier alpha value is -1.44. The van der Waals surface area contributed by atoms with Gasteiger partial charge in [-0.3, -0.25) is 9.35 Å². The lowest BCUT2D eigenvalue weighted by Crippen LogP contribution is -2.28. The van der Waals surface area contributed by atoms with E-state index in [2.05, 4.69) is 6.92 Å². The second-order valence-corrected chi connectivity index (χ2v) is 8.85. The van der Waals surface area contributed by atoms with E-state index in [0.29, 0.717) is 6.61 Å². The minimum Gasteiger partial charge on any atom is -0.465 e. The van der Waals surface area contributed by atoms with Crippen molar-refractivity contribution in [2.24, 2.45) is 5.73 Å². The SMILES string of the molecule is CCCCCCCCCCCCOC(=O)C(C)N.Cc1ccc(S(=O)(=O)O)cc1. The summed E-state index contributed by atoms with van der Waals surface area (Å²) in [5.41, 5.74) is 6.35. The molecule has 0 saturated carbocycles. The standard InChI is InChI=1S/C15H31NO2.C7H8O3S/c1-3-4-5-6-7-8-9-10-11-12-13-18-15(17)14(2)16;1-6-2-4-7(5-3-6)11(8,9)10/h14H,3-13,16H2,1-2H3;2-5H,1H3,(H,8,9,10). The minimum absolute atomic E-state index is 0.0666. The molecule has 7 heteroatoms.